The van der Waals surface area contributed by atoms with E-state index in [-0.39, 0.29) is 5.75 Å². The first kappa shape index (κ1) is 20.4. The number of hydrogen-bond acceptors (Lipinski definition) is 3. The van der Waals surface area contributed by atoms with Crippen LogP contribution < -0.4 is 20.1 Å². The van der Waals surface area contributed by atoms with Gasteiger partial charge in [0, 0.05) is 13.6 Å². The van der Waals surface area contributed by atoms with E-state index >= 15 is 0 Å². The van der Waals surface area contributed by atoms with Gasteiger partial charge in [-0.05, 0) is 29.8 Å². The van der Waals surface area contributed by atoms with Gasteiger partial charge in [0.05, 0.1) is 6.54 Å². The van der Waals surface area contributed by atoms with Gasteiger partial charge in [0.2, 0.25) is 0 Å². The Kier molecular flexibility index (Phi) is 7.79. The number of guanidine groups is 1. The van der Waals surface area contributed by atoms with Gasteiger partial charge in [0.15, 0.2) is 12.6 Å². The number of para-hydroxylation sites is 1. The first-order chi connectivity index (χ1) is 13.0. The highest BCUT2D eigenvalue weighted by molar-refractivity contribution is 5.79. The zero-order valence-corrected chi connectivity index (χ0v) is 14.9. The minimum Gasteiger partial charge on any atom is -0.492 e. The molecular weight excluding hydrogens is 359 g/mol. The second-order valence-corrected chi connectivity index (χ2v) is 5.56. The molecule has 0 aromatic heterocycles. The molecule has 2 rings (SSSR count). The van der Waals surface area contributed by atoms with Gasteiger partial charge in [-0.3, -0.25) is 4.99 Å². The van der Waals surface area contributed by atoms with Gasteiger partial charge in [0.1, 0.15) is 18.1 Å². The summed E-state index contributed by atoms with van der Waals surface area (Å²) in [7, 11) is 1.65. The predicted octanol–water partition coefficient (Wildman–Crippen LogP) is 3.37. The molecule has 0 unspecified atom stereocenters. The molecule has 8 heteroatoms. The minimum absolute atomic E-state index is 0.177. The van der Waals surface area contributed by atoms with Crippen molar-refractivity contribution < 1.29 is 22.6 Å². The third-order valence-corrected chi connectivity index (χ3v) is 3.42. The van der Waals surface area contributed by atoms with Crippen LogP contribution in [0, 0.1) is 0 Å². The molecule has 0 saturated heterocycles. The van der Waals surface area contributed by atoms with Crippen LogP contribution >= 0.6 is 0 Å². The lowest BCUT2D eigenvalue weighted by Gasteiger charge is -2.13. The van der Waals surface area contributed by atoms with Crippen LogP contribution in [-0.2, 0) is 6.54 Å². The van der Waals surface area contributed by atoms with Crippen molar-refractivity contribution in [3.63, 3.8) is 0 Å². The van der Waals surface area contributed by atoms with Gasteiger partial charge in [0.25, 0.3) is 0 Å². The zero-order valence-electron chi connectivity index (χ0n) is 14.9. The molecule has 0 radical (unpaired) electrons. The van der Waals surface area contributed by atoms with Crippen molar-refractivity contribution in [3.05, 3.63) is 60.2 Å². The molecule has 0 amide bonds. The number of hydrogen-bond donors (Lipinski definition) is 2. The van der Waals surface area contributed by atoms with E-state index in [1.807, 2.05) is 30.3 Å². The van der Waals surface area contributed by atoms with Gasteiger partial charge in [-0.2, -0.15) is 13.2 Å². The average Bonchev–Trinajstić information content (AvgIpc) is 2.67. The lowest BCUT2D eigenvalue weighted by Crippen LogP contribution is -2.38. The molecule has 5 nitrogen and oxygen atoms in total. The number of halogens is 3. The molecular formula is C19H22F3N3O2. The van der Waals surface area contributed by atoms with Gasteiger partial charge < -0.3 is 20.1 Å². The van der Waals surface area contributed by atoms with Gasteiger partial charge in [-0.15, -0.1) is 0 Å². The number of nitrogens with zero attached hydrogens (tertiary/aromatic N) is 1. The topological polar surface area (TPSA) is 54.9 Å². The number of nitrogens with one attached hydrogen (secondary N) is 2. The molecule has 0 aliphatic rings. The van der Waals surface area contributed by atoms with Crippen LogP contribution in [-0.4, -0.2) is 38.9 Å². The van der Waals surface area contributed by atoms with Crippen LogP contribution in [0.4, 0.5) is 13.2 Å². The second-order valence-electron chi connectivity index (χ2n) is 5.56. The summed E-state index contributed by atoms with van der Waals surface area (Å²) in [5, 5.41) is 6.25. The second kappa shape index (κ2) is 10.3. The third-order valence-electron chi connectivity index (χ3n) is 3.42. The lowest BCUT2D eigenvalue weighted by molar-refractivity contribution is -0.153. The Morgan fingerprint density at radius 3 is 2.22 bits per heavy atom. The Balaban J connectivity index is 1.69. The van der Waals surface area contributed by atoms with Gasteiger partial charge in [-0.25, -0.2) is 0 Å². The highest BCUT2D eigenvalue weighted by Crippen LogP contribution is 2.18. The molecule has 0 spiro atoms. The quantitative estimate of drug-likeness (QED) is 0.418. The Hall–Kier alpha value is -2.90. The molecule has 146 valence electrons. The fraction of sp³-hybridized carbons (Fsp3) is 0.316. The van der Waals surface area contributed by atoms with Crippen LogP contribution in [0.1, 0.15) is 5.56 Å². The number of benzene rings is 2. The van der Waals surface area contributed by atoms with E-state index in [9.17, 15) is 13.2 Å². The summed E-state index contributed by atoms with van der Waals surface area (Å²) in [6, 6.07) is 15.9. The largest absolute Gasteiger partial charge is 0.492 e. The normalized spacial score (nSPS) is 11.8. The Morgan fingerprint density at radius 1 is 0.926 bits per heavy atom. The van der Waals surface area contributed by atoms with E-state index in [4.69, 9.17) is 4.74 Å². The molecule has 0 heterocycles. The molecule has 0 bridgehead atoms. The third kappa shape index (κ3) is 8.35. The maximum atomic E-state index is 12.1. The van der Waals surface area contributed by atoms with Crippen LogP contribution in [0.2, 0.25) is 0 Å². The summed E-state index contributed by atoms with van der Waals surface area (Å²) in [5.41, 5.74) is 0.887. The Morgan fingerprint density at radius 2 is 1.59 bits per heavy atom. The van der Waals surface area contributed by atoms with E-state index in [1.54, 1.807) is 19.2 Å². The smallest absolute Gasteiger partial charge is 0.422 e. The molecule has 0 aliphatic carbocycles. The summed E-state index contributed by atoms with van der Waals surface area (Å²) in [6.45, 7) is 0.222. The lowest BCUT2D eigenvalue weighted by atomic mass is 10.2. The van der Waals surface area contributed by atoms with Crippen LogP contribution in [0.25, 0.3) is 0 Å². The standard InChI is InChI=1S/C19H22F3N3O2/c1-23-18(24-11-12-26-16-5-3-2-4-6-16)25-13-15-7-9-17(10-8-15)27-14-19(20,21)22/h2-10H,11-14H2,1H3,(H2,23,24,25). The summed E-state index contributed by atoms with van der Waals surface area (Å²) >= 11 is 0. The van der Waals surface area contributed by atoms with Crippen molar-refractivity contribution in [2.45, 2.75) is 12.7 Å². The monoisotopic (exact) mass is 381 g/mol. The molecule has 2 N–H and O–H groups in total. The van der Waals surface area contributed by atoms with E-state index in [2.05, 4.69) is 20.4 Å². The summed E-state index contributed by atoms with van der Waals surface area (Å²) < 4.78 is 46.7. The predicted molar refractivity (Wildman–Crippen MR) is 98.1 cm³/mol. The first-order valence-corrected chi connectivity index (χ1v) is 8.37. The number of rotatable bonds is 8. The van der Waals surface area contributed by atoms with Crippen LogP contribution in [0.5, 0.6) is 11.5 Å². The van der Waals surface area contributed by atoms with Crippen molar-refractivity contribution in [1.82, 2.24) is 10.6 Å². The zero-order chi connectivity index (χ0) is 19.5. The fourth-order valence-corrected chi connectivity index (χ4v) is 2.13. The maximum Gasteiger partial charge on any atom is 0.422 e. The van der Waals surface area contributed by atoms with Crippen molar-refractivity contribution in [2.75, 3.05) is 26.8 Å². The van der Waals surface area contributed by atoms with E-state index < -0.39 is 12.8 Å². The van der Waals surface area contributed by atoms with Crippen LogP contribution in [0.15, 0.2) is 59.6 Å². The number of aliphatic imine (C=N–C) groups is 1. The Bertz CT molecular complexity index is 704. The highest BCUT2D eigenvalue weighted by Gasteiger charge is 2.28. The SMILES string of the molecule is CN=C(NCCOc1ccccc1)NCc1ccc(OCC(F)(F)F)cc1. The highest BCUT2D eigenvalue weighted by atomic mass is 19.4. The summed E-state index contributed by atoms with van der Waals surface area (Å²) in [4.78, 5) is 4.11. The number of alkyl halides is 3. The van der Waals surface area contributed by atoms with Crippen molar-refractivity contribution in [3.8, 4) is 11.5 Å². The van der Waals surface area contributed by atoms with E-state index in [0.717, 1.165) is 11.3 Å². The van der Waals surface area contributed by atoms with Crippen molar-refractivity contribution in [1.29, 1.82) is 0 Å². The number of ether oxygens (including phenoxy) is 2. The molecule has 2 aromatic carbocycles. The molecule has 0 aliphatic heterocycles. The Labute approximate surface area is 156 Å². The first-order valence-electron chi connectivity index (χ1n) is 8.37. The fourth-order valence-electron chi connectivity index (χ4n) is 2.13. The van der Waals surface area contributed by atoms with Gasteiger partial charge in [-0.1, -0.05) is 30.3 Å². The molecule has 0 atom stereocenters. The molecule has 0 fully saturated rings. The van der Waals surface area contributed by atoms with Gasteiger partial charge >= 0.3 is 6.18 Å². The van der Waals surface area contributed by atoms with E-state index in [0.29, 0.717) is 25.7 Å². The molecule has 0 saturated carbocycles. The van der Waals surface area contributed by atoms with E-state index in [1.165, 1.54) is 12.1 Å². The van der Waals surface area contributed by atoms with Crippen LogP contribution in [0.3, 0.4) is 0 Å². The van der Waals surface area contributed by atoms with Crippen molar-refractivity contribution >= 4 is 5.96 Å². The molecule has 27 heavy (non-hydrogen) atoms. The summed E-state index contributed by atoms with van der Waals surface area (Å²) in [6.07, 6.45) is -4.34. The summed E-state index contributed by atoms with van der Waals surface area (Å²) in [5.74, 6) is 1.58. The average molecular weight is 381 g/mol. The van der Waals surface area contributed by atoms with Crippen molar-refractivity contribution in [2.24, 2.45) is 4.99 Å². The maximum absolute atomic E-state index is 12.1. The minimum atomic E-state index is -4.34. The molecule has 2 aromatic rings.